The maximum absolute atomic E-state index is 12.3. The lowest BCUT2D eigenvalue weighted by molar-refractivity contribution is -0.148. The molecule has 1 aromatic heterocycles. The summed E-state index contributed by atoms with van der Waals surface area (Å²) in [6, 6.07) is 1.56. The summed E-state index contributed by atoms with van der Waals surface area (Å²) in [6.45, 7) is 4.59. The molecule has 0 radical (unpaired) electrons. The lowest BCUT2D eigenvalue weighted by Crippen LogP contribution is -2.38. The maximum Gasteiger partial charge on any atom is 0.321 e. The van der Waals surface area contributed by atoms with E-state index in [2.05, 4.69) is 10.3 Å². The number of amides is 2. The topological polar surface area (TPSA) is 82.5 Å². The molecule has 1 aromatic rings. The number of anilines is 1. The average Bonchev–Trinajstić information content (AvgIpc) is 2.87. The summed E-state index contributed by atoms with van der Waals surface area (Å²) >= 11 is 0. The van der Waals surface area contributed by atoms with E-state index in [4.69, 9.17) is 0 Å². The van der Waals surface area contributed by atoms with Gasteiger partial charge in [-0.25, -0.2) is 4.79 Å². The van der Waals surface area contributed by atoms with Gasteiger partial charge < -0.3 is 15.3 Å². The normalized spacial score (nSPS) is 21.3. The van der Waals surface area contributed by atoms with Crippen molar-refractivity contribution in [3.8, 4) is 0 Å². The largest absolute Gasteiger partial charge is 0.481 e. The summed E-state index contributed by atoms with van der Waals surface area (Å²) in [7, 11) is 0. The third-order valence-corrected chi connectivity index (χ3v) is 4.10. The summed E-state index contributed by atoms with van der Waals surface area (Å²) in [4.78, 5) is 29.4. The van der Waals surface area contributed by atoms with Crippen LogP contribution in [0.4, 0.5) is 10.5 Å². The molecule has 1 saturated heterocycles. The second-order valence-electron chi connectivity index (χ2n) is 5.63. The van der Waals surface area contributed by atoms with Gasteiger partial charge in [0.2, 0.25) is 0 Å². The van der Waals surface area contributed by atoms with Crippen molar-refractivity contribution in [3.05, 3.63) is 24.0 Å². The molecule has 0 aromatic carbocycles. The van der Waals surface area contributed by atoms with Crippen molar-refractivity contribution in [2.75, 3.05) is 18.4 Å². The first-order valence-electron chi connectivity index (χ1n) is 7.18. The second-order valence-corrected chi connectivity index (χ2v) is 5.63. The molecule has 114 valence electrons. The Hall–Kier alpha value is -2.11. The van der Waals surface area contributed by atoms with Gasteiger partial charge in [-0.05, 0) is 31.4 Å². The smallest absolute Gasteiger partial charge is 0.321 e. The first-order chi connectivity index (χ1) is 9.98. The van der Waals surface area contributed by atoms with E-state index in [9.17, 15) is 14.7 Å². The molecule has 0 bridgehead atoms. The Morgan fingerprint density at radius 1 is 1.52 bits per heavy atom. The highest BCUT2D eigenvalue weighted by Gasteiger charge is 2.45. The number of pyridine rings is 1. The molecule has 0 spiro atoms. The van der Waals surface area contributed by atoms with Crippen molar-refractivity contribution in [2.45, 2.75) is 33.1 Å². The zero-order valence-electron chi connectivity index (χ0n) is 12.4. The van der Waals surface area contributed by atoms with Crippen LogP contribution in [-0.2, 0) is 4.79 Å². The van der Waals surface area contributed by atoms with Crippen molar-refractivity contribution in [3.63, 3.8) is 0 Å². The van der Waals surface area contributed by atoms with E-state index in [0.717, 1.165) is 12.0 Å². The van der Waals surface area contributed by atoms with Crippen molar-refractivity contribution >= 4 is 17.7 Å². The fourth-order valence-corrected chi connectivity index (χ4v) is 2.80. The average molecular weight is 291 g/mol. The number of carboxylic acid groups (broad SMARTS) is 1. The summed E-state index contributed by atoms with van der Waals surface area (Å²) in [5.74, 6) is -0.808. The highest BCUT2D eigenvalue weighted by molar-refractivity contribution is 5.91. The fraction of sp³-hybridized carbons (Fsp3) is 0.533. The standard InChI is InChI=1S/C15H21N3O3/c1-3-5-15(13(19)20)6-8-18(10-15)14(21)17-12-9-16-7-4-11(12)2/h4,7,9H,3,5-6,8,10H2,1-2H3,(H,17,21)(H,19,20). The summed E-state index contributed by atoms with van der Waals surface area (Å²) < 4.78 is 0. The van der Waals surface area contributed by atoms with E-state index in [1.807, 2.05) is 19.9 Å². The minimum Gasteiger partial charge on any atom is -0.481 e. The molecule has 1 atom stereocenters. The molecular formula is C15H21N3O3. The third kappa shape index (κ3) is 3.15. The predicted octanol–water partition coefficient (Wildman–Crippen LogP) is 2.50. The number of rotatable bonds is 4. The Morgan fingerprint density at radius 2 is 2.29 bits per heavy atom. The third-order valence-electron chi connectivity index (χ3n) is 4.10. The van der Waals surface area contributed by atoms with Gasteiger partial charge >= 0.3 is 12.0 Å². The first kappa shape index (κ1) is 15.3. The van der Waals surface area contributed by atoms with Crippen molar-refractivity contribution in [1.82, 2.24) is 9.88 Å². The molecule has 2 heterocycles. The molecule has 1 aliphatic rings. The summed E-state index contributed by atoms with van der Waals surface area (Å²) in [6.07, 6.45) is 5.16. The molecule has 6 heteroatoms. The Morgan fingerprint density at radius 3 is 2.90 bits per heavy atom. The van der Waals surface area contributed by atoms with Crippen LogP contribution < -0.4 is 5.32 Å². The molecule has 0 saturated carbocycles. The first-order valence-corrected chi connectivity index (χ1v) is 7.18. The van der Waals surface area contributed by atoms with Crippen LogP contribution in [0.5, 0.6) is 0 Å². The fourth-order valence-electron chi connectivity index (χ4n) is 2.80. The molecule has 1 unspecified atom stereocenters. The predicted molar refractivity (Wildman–Crippen MR) is 79.2 cm³/mol. The summed E-state index contributed by atoms with van der Waals surface area (Å²) in [5, 5.41) is 12.3. The van der Waals surface area contributed by atoms with Gasteiger partial charge in [-0.1, -0.05) is 13.3 Å². The van der Waals surface area contributed by atoms with Crippen LogP contribution in [0.25, 0.3) is 0 Å². The SMILES string of the molecule is CCCC1(C(=O)O)CCN(C(=O)Nc2cnccc2C)C1. The number of hydrogen-bond acceptors (Lipinski definition) is 3. The molecule has 0 aliphatic carbocycles. The number of likely N-dealkylation sites (tertiary alicyclic amines) is 1. The van der Waals surface area contributed by atoms with Crippen LogP contribution in [0, 0.1) is 12.3 Å². The zero-order chi connectivity index (χ0) is 15.5. The molecular weight excluding hydrogens is 270 g/mol. The van der Waals surface area contributed by atoms with Gasteiger partial charge in [-0.3, -0.25) is 9.78 Å². The number of aromatic nitrogens is 1. The lowest BCUT2D eigenvalue weighted by Gasteiger charge is -2.24. The van der Waals surface area contributed by atoms with Gasteiger partial charge in [0.25, 0.3) is 0 Å². The minimum absolute atomic E-state index is 0.259. The van der Waals surface area contributed by atoms with E-state index >= 15 is 0 Å². The van der Waals surface area contributed by atoms with Crippen molar-refractivity contribution in [1.29, 1.82) is 0 Å². The second kappa shape index (κ2) is 6.11. The monoisotopic (exact) mass is 291 g/mol. The van der Waals surface area contributed by atoms with E-state index in [1.165, 1.54) is 0 Å². The van der Waals surface area contributed by atoms with Gasteiger partial charge in [0.05, 0.1) is 17.3 Å². The molecule has 21 heavy (non-hydrogen) atoms. The minimum atomic E-state index is -0.808. The van der Waals surface area contributed by atoms with Crippen LogP contribution in [0.15, 0.2) is 18.5 Å². The van der Waals surface area contributed by atoms with Gasteiger partial charge in [0, 0.05) is 19.3 Å². The van der Waals surface area contributed by atoms with E-state index in [0.29, 0.717) is 25.1 Å². The number of nitrogens with one attached hydrogen (secondary N) is 1. The van der Waals surface area contributed by atoms with Crippen molar-refractivity contribution in [2.24, 2.45) is 5.41 Å². The number of carboxylic acids is 1. The van der Waals surface area contributed by atoms with Crippen LogP contribution in [0.2, 0.25) is 0 Å². The number of carbonyl (C=O) groups excluding carboxylic acids is 1. The Bertz CT molecular complexity index is 547. The van der Waals surface area contributed by atoms with E-state index < -0.39 is 11.4 Å². The van der Waals surface area contributed by atoms with Gasteiger partial charge in [0.15, 0.2) is 0 Å². The summed E-state index contributed by atoms with van der Waals surface area (Å²) in [5.41, 5.74) is 0.789. The number of aliphatic carboxylic acids is 1. The molecule has 6 nitrogen and oxygen atoms in total. The molecule has 1 fully saturated rings. The lowest BCUT2D eigenvalue weighted by atomic mass is 9.83. The Kier molecular flexibility index (Phi) is 4.45. The number of nitrogens with zero attached hydrogens (tertiary/aromatic N) is 2. The van der Waals surface area contributed by atoms with Crippen LogP contribution >= 0.6 is 0 Å². The van der Waals surface area contributed by atoms with E-state index in [-0.39, 0.29) is 12.6 Å². The number of carbonyl (C=O) groups is 2. The number of aryl methyl sites for hydroxylation is 1. The maximum atomic E-state index is 12.3. The number of hydrogen-bond donors (Lipinski definition) is 2. The van der Waals surface area contributed by atoms with Gasteiger partial charge in [-0.2, -0.15) is 0 Å². The molecule has 1 aliphatic heterocycles. The van der Waals surface area contributed by atoms with Gasteiger partial charge in [-0.15, -0.1) is 0 Å². The Labute approximate surface area is 124 Å². The zero-order valence-corrected chi connectivity index (χ0v) is 12.4. The molecule has 2 rings (SSSR count). The van der Waals surface area contributed by atoms with Crippen LogP contribution in [0.1, 0.15) is 31.7 Å². The molecule has 2 N–H and O–H groups in total. The van der Waals surface area contributed by atoms with Gasteiger partial charge in [0.1, 0.15) is 0 Å². The Balaban J connectivity index is 2.05. The molecule has 2 amide bonds. The number of urea groups is 1. The van der Waals surface area contributed by atoms with Crippen LogP contribution in [-0.4, -0.2) is 40.1 Å². The quantitative estimate of drug-likeness (QED) is 0.893. The van der Waals surface area contributed by atoms with Crippen molar-refractivity contribution < 1.29 is 14.7 Å². The highest BCUT2D eigenvalue weighted by atomic mass is 16.4. The highest BCUT2D eigenvalue weighted by Crippen LogP contribution is 2.35. The van der Waals surface area contributed by atoms with E-state index in [1.54, 1.807) is 17.3 Å². The van der Waals surface area contributed by atoms with Crippen LogP contribution in [0.3, 0.4) is 0 Å².